The van der Waals surface area contributed by atoms with Crippen molar-refractivity contribution < 1.29 is 4.74 Å². The van der Waals surface area contributed by atoms with E-state index in [1.54, 1.807) is 0 Å². The van der Waals surface area contributed by atoms with Crippen molar-refractivity contribution in [2.45, 2.75) is 52.7 Å². The highest BCUT2D eigenvalue weighted by Crippen LogP contribution is 2.23. The summed E-state index contributed by atoms with van der Waals surface area (Å²) in [6, 6.07) is 8.25. The number of rotatable bonds is 4. The van der Waals surface area contributed by atoms with Crippen LogP contribution in [-0.4, -0.2) is 5.60 Å². The van der Waals surface area contributed by atoms with E-state index in [1.165, 1.54) is 5.56 Å². The predicted octanol–water partition coefficient (Wildman–Crippen LogP) is 3.91. The van der Waals surface area contributed by atoms with Gasteiger partial charge in [0.05, 0.1) is 0 Å². The van der Waals surface area contributed by atoms with Crippen molar-refractivity contribution in [3.8, 4) is 5.75 Å². The van der Waals surface area contributed by atoms with Crippen LogP contribution in [0.5, 0.6) is 5.75 Å². The van der Waals surface area contributed by atoms with Gasteiger partial charge in [-0.1, -0.05) is 26.0 Å². The van der Waals surface area contributed by atoms with Gasteiger partial charge in [0.15, 0.2) is 0 Å². The normalized spacial score (nSPS) is 13.8. The summed E-state index contributed by atoms with van der Waals surface area (Å²) in [5, 5.41) is 0. The summed E-state index contributed by atoms with van der Waals surface area (Å²) >= 11 is 0. The lowest BCUT2D eigenvalue weighted by atomic mass is 9.98. The lowest BCUT2D eigenvalue weighted by Gasteiger charge is -2.22. The van der Waals surface area contributed by atoms with E-state index < -0.39 is 0 Å². The molecule has 0 heterocycles. The molecule has 17 heavy (non-hydrogen) atoms. The predicted molar refractivity (Wildman–Crippen MR) is 73.2 cm³/mol. The molecule has 1 aromatic rings. The van der Waals surface area contributed by atoms with Gasteiger partial charge in [0.1, 0.15) is 11.4 Å². The van der Waals surface area contributed by atoms with Crippen LogP contribution in [0.3, 0.4) is 0 Å². The second-order valence-corrected chi connectivity index (χ2v) is 6.02. The van der Waals surface area contributed by atoms with Crippen LogP contribution in [-0.2, 0) is 0 Å². The van der Waals surface area contributed by atoms with Crippen LogP contribution in [0.1, 0.15) is 52.6 Å². The molecule has 0 amide bonds. The maximum atomic E-state index is 6.13. The lowest BCUT2D eigenvalue weighted by molar-refractivity contribution is 0.131. The molecule has 0 bridgehead atoms. The molecule has 0 aliphatic rings. The number of hydrogen-bond acceptors (Lipinski definition) is 2. The zero-order chi connectivity index (χ0) is 13.1. The second kappa shape index (κ2) is 5.54. The molecule has 96 valence electrons. The molecule has 0 aromatic heterocycles. The summed E-state index contributed by atoms with van der Waals surface area (Å²) in [6.07, 6.45) is 1.01. The minimum atomic E-state index is -0.151. The molecular formula is C15H25NO. The van der Waals surface area contributed by atoms with E-state index in [4.69, 9.17) is 10.5 Å². The van der Waals surface area contributed by atoms with Gasteiger partial charge >= 0.3 is 0 Å². The third-order valence-corrected chi connectivity index (χ3v) is 2.46. The fraction of sp³-hybridized carbons (Fsp3) is 0.600. The highest BCUT2D eigenvalue weighted by Gasteiger charge is 2.12. The standard InChI is InChI=1S/C15H25NO/c1-11(2)10-14(16)12-6-8-13(9-7-12)17-15(3,4)5/h6-9,11,14H,10,16H2,1-5H3. The zero-order valence-corrected chi connectivity index (χ0v) is 11.7. The van der Waals surface area contributed by atoms with Gasteiger partial charge in [-0.3, -0.25) is 0 Å². The van der Waals surface area contributed by atoms with Gasteiger partial charge in [-0.2, -0.15) is 0 Å². The molecule has 0 saturated carbocycles. The highest BCUT2D eigenvalue weighted by atomic mass is 16.5. The van der Waals surface area contributed by atoms with Crippen molar-refractivity contribution in [3.05, 3.63) is 29.8 Å². The topological polar surface area (TPSA) is 35.2 Å². The summed E-state index contributed by atoms with van der Waals surface area (Å²) in [7, 11) is 0. The van der Waals surface area contributed by atoms with E-state index in [0.717, 1.165) is 12.2 Å². The van der Waals surface area contributed by atoms with Gasteiger partial charge in [-0.05, 0) is 50.8 Å². The van der Waals surface area contributed by atoms with Gasteiger partial charge in [0.2, 0.25) is 0 Å². The van der Waals surface area contributed by atoms with Crippen molar-refractivity contribution in [2.24, 2.45) is 11.7 Å². The molecule has 0 radical (unpaired) electrons. The largest absolute Gasteiger partial charge is 0.488 e. The molecule has 2 nitrogen and oxygen atoms in total. The molecule has 0 fully saturated rings. The maximum Gasteiger partial charge on any atom is 0.120 e. The van der Waals surface area contributed by atoms with Gasteiger partial charge < -0.3 is 10.5 Å². The Hall–Kier alpha value is -1.02. The average molecular weight is 235 g/mol. The minimum absolute atomic E-state index is 0.124. The molecule has 1 rings (SSSR count). The fourth-order valence-corrected chi connectivity index (χ4v) is 1.78. The van der Waals surface area contributed by atoms with Crippen LogP contribution >= 0.6 is 0 Å². The third-order valence-electron chi connectivity index (χ3n) is 2.46. The second-order valence-electron chi connectivity index (χ2n) is 6.02. The van der Waals surface area contributed by atoms with Crippen molar-refractivity contribution in [1.29, 1.82) is 0 Å². The highest BCUT2D eigenvalue weighted by molar-refractivity contribution is 5.29. The van der Waals surface area contributed by atoms with Crippen LogP contribution in [0.15, 0.2) is 24.3 Å². The van der Waals surface area contributed by atoms with Crippen LogP contribution in [0.25, 0.3) is 0 Å². The summed E-state index contributed by atoms with van der Waals surface area (Å²) in [6.45, 7) is 10.5. The molecule has 2 heteroatoms. The Balaban J connectivity index is 2.67. The quantitative estimate of drug-likeness (QED) is 0.858. The average Bonchev–Trinajstić information content (AvgIpc) is 2.15. The van der Waals surface area contributed by atoms with Crippen LogP contribution in [0.4, 0.5) is 0 Å². The van der Waals surface area contributed by atoms with Gasteiger partial charge in [-0.15, -0.1) is 0 Å². The molecule has 1 aromatic carbocycles. The molecule has 0 aliphatic carbocycles. The van der Waals surface area contributed by atoms with E-state index in [0.29, 0.717) is 5.92 Å². The molecule has 0 spiro atoms. The van der Waals surface area contributed by atoms with Gasteiger partial charge in [0.25, 0.3) is 0 Å². The molecule has 0 aliphatic heterocycles. The Morgan fingerprint density at radius 3 is 2.06 bits per heavy atom. The zero-order valence-electron chi connectivity index (χ0n) is 11.7. The molecule has 0 saturated heterocycles. The molecule has 1 atom stereocenters. The van der Waals surface area contributed by atoms with E-state index in [2.05, 4.69) is 26.0 Å². The summed E-state index contributed by atoms with van der Waals surface area (Å²) in [4.78, 5) is 0. The van der Waals surface area contributed by atoms with Gasteiger partial charge in [-0.25, -0.2) is 0 Å². The van der Waals surface area contributed by atoms with E-state index >= 15 is 0 Å². The van der Waals surface area contributed by atoms with E-state index in [9.17, 15) is 0 Å². The molecular weight excluding hydrogens is 210 g/mol. The van der Waals surface area contributed by atoms with Crippen molar-refractivity contribution in [2.75, 3.05) is 0 Å². The summed E-state index contributed by atoms with van der Waals surface area (Å²) in [5.41, 5.74) is 7.16. The number of ether oxygens (including phenoxy) is 1. The third kappa shape index (κ3) is 5.22. The van der Waals surface area contributed by atoms with Gasteiger partial charge in [0, 0.05) is 6.04 Å². The summed E-state index contributed by atoms with van der Waals surface area (Å²) in [5.74, 6) is 1.52. The SMILES string of the molecule is CC(C)CC(N)c1ccc(OC(C)(C)C)cc1. The van der Waals surface area contributed by atoms with Crippen molar-refractivity contribution in [3.63, 3.8) is 0 Å². The molecule has 2 N–H and O–H groups in total. The Kier molecular flexibility index (Phi) is 4.58. The lowest BCUT2D eigenvalue weighted by Crippen LogP contribution is -2.23. The Morgan fingerprint density at radius 2 is 1.65 bits per heavy atom. The Morgan fingerprint density at radius 1 is 1.12 bits per heavy atom. The summed E-state index contributed by atoms with van der Waals surface area (Å²) < 4.78 is 5.78. The smallest absolute Gasteiger partial charge is 0.120 e. The first kappa shape index (κ1) is 14.0. The van der Waals surface area contributed by atoms with Crippen molar-refractivity contribution >= 4 is 0 Å². The minimum Gasteiger partial charge on any atom is -0.488 e. The first-order chi connectivity index (χ1) is 7.78. The van der Waals surface area contributed by atoms with E-state index in [-0.39, 0.29) is 11.6 Å². The van der Waals surface area contributed by atoms with Crippen molar-refractivity contribution in [1.82, 2.24) is 0 Å². The Bertz CT molecular complexity index is 335. The Labute approximate surface area is 105 Å². The number of hydrogen-bond donors (Lipinski definition) is 1. The maximum absolute atomic E-state index is 6.13. The number of nitrogens with two attached hydrogens (primary N) is 1. The monoisotopic (exact) mass is 235 g/mol. The van der Waals surface area contributed by atoms with Crippen LogP contribution < -0.4 is 10.5 Å². The number of benzene rings is 1. The van der Waals surface area contributed by atoms with Crippen LogP contribution in [0, 0.1) is 5.92 Å². The van der Waals surface area contributed by atoms with Crippen LogP contribution in [0.2, 0.25) is 0 Å². The molecule has 1 unspecified atom stereocenters. The first-order valence-corrected chi connectivity index (χ1v) is 6.32. The fourth-order valence-electron chi connectivity index (χ4n) is 1.78. The van der Waals surface area contributed by atoms with E-state index in [1.807, 2.05) is 32.9 Å². The first-order valence-electron chi connectivity index (χ1n) is 6.32.